The second-order valence-corrected chi connectivity index (χ2v) is 6.24. The van der Waals surface area contributed by atoms with E-state index in [0.29, 0.717) is 24.2 Å². The quantitative estimate of drug-likeness (QED) is 0.906. The monoisotopic (exact) mass is 351 g/mol. The summed E-state index contributed by atoms with van der Waals surface area (Å²) in [7, 11) is 0. The summed E-state index contributed by atoms with van der Waals surface area (Å²) in [5.41, 5.74) is 1.71. The number of anilines is 1. The van der Waals surface area contributed by atoms with Gasteiger partial charge in [0.25, 0.3) is 0 Å². The molecule has 0 saturated heterocycles. The molecule has 0 unspecified atom stereocenters. The van der Waals surface area contributed by atoms with Gasteiger partial charge in [0.2, 0.25) is 5.91 Å². The van der Waals surface area contributed by atoms with E-state index in [4.69, 9.17) is 0 Å². The molecule has 1 heterocycles. The van der Waals surface area contributed by atoms with Crippen LogP contribution < -0.4 is 5.32 Å². The van der Waals surface area contributed by atoms with Crippen LogP contribution in [0.3, 0.4) is 0 Å². The molecular formula is C18H20F3N3O. The van der Waals surface area contributed by atoms with Crippen molar-refractivity contribution in [1.29, 1.82) is 0 Å². The molecule has 0 radical (unpaired) electrons. The fourth-order valence-corrected chi connectivity index (χ4v) is 3.19. The minimum absolute atomic E-state index is 0.214. The van der Waals surface area contributed by atoms with Crippen molar-refractivity contribution in [1.82, 2.24) is 9.78 Å². The van der Waals surface area contributed by atoms with Crippen molar-refractivity contribution in [2.24, 2.45) is 0 Å². The molecule has 1 aromatic carbocycles. The van der Waals surface area contributed by atoms with E-state index in [1.54, 1.807) is 12.1 Å². The van der Waals surface area contributed by atoms with Gasteiger partial charge in [-0.3, -0.25) is 9.48 Å². The van der Waals surface area contributed by atoms with Crippen molar-refractivity contribution >= 4 is 11.6 Å². The first kappa shape index (κ1) is 17.5. The zero-order valence-corrected chi connectivity index (χ0v) is 14.0. The minimum atomic E-state index is -4.49. The molecule has 1 aliphatic rings. The summed E-state index contributed by atoms with van der Waals surface area (Å²) in [4.78, 5) is 12.2. The molecule has 0 saturated carbocycles. The molecule has 134 valence electrons. The van der Waals surface area contributed by atoms with E-state index in [9.17, 15) is 18.0 Å². The van der Waals surface area contributed by atoms with Gasteiger partial charge in [0.05, 0.1) is 0 Å². The number of hydrogen-bond donors (Lipinski definition) is 1. The van der Waals surface area contributed by atoms with Gasteiger partial charge in [0, 0.05) is 16.9 Å². The third-order valence-electron chi connectivity index (χ3n) is 4.46. The molecule has 1 aromatic heterocycles. The van der Waals surface area contributed by atoms with Crippen LogP contribution in [0.1, 0.15) is 42.3 Å². The molecule has 1 amide bonds. The van der Waals surface area contributed by atoms with Crippen LogP contribution in [-0.2, 0) is 36.8 Å². The van der Waals surface area contributed by atoms with Crippen molar-refractivity contribution in [3.63, 3.8) is 0 Å². The number of amides is 1. The lowest BCUT2D eigenvalue weighted by atomic mass is 9.95. The lowest BCUT2D eigenvalue weighted by Gasteiger charge is -2.14. The number of carbonyl (C=O) groups is 1. The second kappa shape index (κ2) is 6.90. The van der Waals surface area contributed by atoms with Crippen molar-refractivity contribution in [2.45, 2.75) is 51.7 Å². The Bertz CT molecular complexity index is 763. The third-order valence-corrected chi connectivity index (χ3v) is 4.46. The molecule has 1 N–H and O–H groups in total. The van der Waals surface area contributed by atoms with Gasteiger partial charge in [-0.05, 0) is 49.8 Å². The molecule has 3 rings (SSSR count). The number of aromatic nitrogens is 2. The predicted octanol–water partition coefficient (Wildman–Crippen LogP) is 3.98. The SMILES string of the molecule is CCc1ccc(NC(=O)Cn2nc(C(F)(F)F)c3c2CCCC3)cc1. The fraction of sp³-hybridized carbons (Fsp3) is 0.444. The number of alkyl halides is 3. The van der Waals surface area contributed by atoms with Crippen LogP contribution in [0.2, 0.25) is 0 Å². The lowest BCUT2D eigenvalue weighted by molar-refractivity contribution is -0.142. The highest BCUT2D eigenvalue weighted by molar-refractivity contribution is 5.90. The third kappa shape index (κ3) is 3.86. The van der Waals surface area contributed by atoms with Gasteiger partial charge in [-0.25, -0.2) is 0 Å². The molecule has 0 fully saturated rings. The number of nitrogens with zero attached hydrogens (tertiary/aromatic N) is 2. The number of fused-ring (bicyclic) bond motifs is 1. The molecular weight excluding hydrogens is 331 g/mol. The van der Waals surface area contributed by atoms with Gasteiger partial charge < -0.3 is 5.32 Å². The number of benzene rings is 1. The number of aryl methyl sites for hydroxylation is 1. The normalized spacial score (nSPS) is 14.2. The topological polar surface area (TPSA) is 46.9 Å². The van der Waals surface area contributed by atoms with Crippen molar-refractivity contribution < 1.29 is 18.0 Å². The van der Waals surface area contributed by atoms with Crippen molar-refractivity contribution in [3.05, 3.63) is 46.8 Å². The maximum atomic E-state index is 13.2. The molecule has 4 nitrogen and oxygen atoms in total. The van der Waals surface area contributed by atoms with Gasteiger partial charge in [-0.15, -0.1) is 0 Å². The summed E-state index contributed by atoms with van der Waals surface area (Å²) < 4.78 is 40.7. The first-order valence-electron chi connectivity index (χ1n) is 8.43. The average Bonchev–Trinajstić information content (AvgIpc) is 2.94. The first-order valence-corrected chi connectivity index (χ1v) is 8.43. The van der Waals surface area contributed by atoms with Crippen LogP contribution in [-0.4, -0.2) is 15.7 Å². The molecule has 25 heavy (non-hydrogen) atoms. The Morgan fingerprint density at radius 3 is 2.52 bits per heavy atom. The van der Waals surface area contributed by atoms with Gasteiger partial charge in [0.1, 0.15) is 6.54 Å². The van der Waals surface area contributed by atoms with Crippen molar-refractivity contribution in [2.75, 3.05) is 5.32 Å². The molecule has 7 heteroatoms. The minimum Gasteiger partial charge on any atom is -0.324 e. The number of halogens is 3. The molecule has 0 bridgehead atoms. The van der Waals surface area contributed by atoms with Gasteiger partial charge >= 0.3 is 6.18 Å². The molecule has 0 atom stereocenters. The maximum Gasteiger partial charge on any atom is 0.435 e. The molecule has 1 aliphatic carbocycles. The largest absolute Gasteiger partial charge is 0.435 e. The second-order valence-electron chi connectivity index (χ2n) is 6.24. The number of hydrogen-bond acceptors (Lipinski definition) is 2. The number of nitrogens with one attached hydrogen (secondary N) is 1. The van der Waals surface area contributed by atoms with Gasteiger partial charge in [0.15, 0.2) is 5.69 Å². The smallest absolute Gasteiger partial charge is 0.324 e. The van der Waals surface area contributed by atoms with E-state index in [1.807, 2.05) is 19.1 Å². The van der Waals surface area contributed by atoms with Crippen LogP contribution in [0, 0.1) is 0 Å². The highest BCUT2D eigenvalue weighted by Crippen LogP contribution is 2.35. The van der Waals surface area contributed by atoms with Crippen LogP contribution in [0.15, 0.2) is 24.3 Å². The van der Waals surface area contributed by atoms with Crippen LogP contribution >= 0.6 is 0 Å². The summed E-state index contributed by atoms with van der Waals surface area (Å²) in [6, 6.07) is 7.40. The van der Waals surface area contributed by atoms with Gasteiger partial charge in [-0.1, -0.05) is 19.1 Å². The van der Waals surface area contributed by atoms with Crippen LogP contribution in [0.4, 0.5) is 18.9 Å². The van der Waals surface area contributed by atoms with E-state index in [2.05, 4.69) is 10.4 Å². The number of rotatable bonds is 4. The molecule has 2 aromatic rings. The first-order chi connectivity index (χ1) is 11.9. The molecule has 0 spiro atoms. The van der Waals surface area contributed by atoms with Crippen LogP contribution in [0.25, 0.3) is 0 Å². The van der Waals surface area contributed by atoms with Crippen LogP contribution in [0.5, 0.6) is 0 Å². The summed E-state index contributed by atoms with van der Waals surface area (Å²) >= 11 is 0. The Labute approximate surface area is 144 Å². The zero-order chi connectivity index (χ0) is 18.0. The Morgan fingerprint density at radius 2 is 1.88 bits per heavy atom. The Kier molecular flexibility index (Phi) is 4.83. The maximum absolute atomic E-state index is 13.2. The highest BCUT2D eigenvalue weighted by Gasteiger charge is 2.39. The number of carbonyl (C=O) groups excluding carboxylic acids is 1. The summed E-state index contributed by atoms with van der Waals surface area (Å²) in [6.07, 6.45) is -1.16. The summed E-state index contributed by atoms with van der Waals surface area (Å²) in [5, 5.41) is 6.42. The van der Waals surface area contributed by atoms with E-state index in [-0.39, 0.29) is 18.0 Å². The zero-order valence-electron chi connectivity index (χ0n) is 14.0. The average molecular weight is 351 g/mol. The standard InChI is InChI=1S/C18H20F3N3O/c1-2-12-7-9-13(10-8-12)22-16(25)11-24-15-6-4-3-5-14(15)17(23-24)18(19,20)21/h7-10H,2-6,11H2,1H3,(H,22,25). The van der Waals surface area contributed by atoms with E-state index in [0.717, 1.165) is 24.8 Å². The Hall–Kier alpha value is -2.31. The molecule has 0 aliphatic heterocycles. The summed E-state index contributed by atoms with van der Waals surface area (Å²) in [5.74, 6) is -0.381. The Balaban J connectivity index is 1.77. The highest BCUT2D eigenvalue weighted by atomic mass is 19.4. The fourth-order valence-electron chi connectivity index (χ4n) is 3.19. The lowest BCUT2D eigenvalue weighted by Crippen LogP contribution is -2.21. The van der Waals surface area contributed by atoms with E-state index < -0.39 is 11.9 Å². The van der Waals surface area contributed by atoms with Gasteiger partial charge in [-0.2, -0.15) is 18.3 Å². The van der Waals surface area contributed by atoms with E-state index >= 15 is 0 Å². The van der Waals surface area contributed by atoms with E-state index in [1.165, 1.54) is 4.68 Å². The predicted molar refractivity (Wildman–Crippen MR) is 88.3 cm³/mol. The Morgan fingerprint density at radius 1 is 1.20 bits per heavy atom. The van der Waals surface area contributed by atoms with Crippen molar-refractivity contribution in [3.8, 4) is 0 Å². The summed E-state index contributed by atoms with van der Waals surface area (Å²) in [6.45, 7) is 1.82.